The molecule has 1 amide bonds. The Morgan fingerprint density at radius 3 is 2.63 bits per heavy atom. The van der Waals surface area contributed by atoms with Gasteiger partial charge in [0.25, 0.3) is 5.22 Å². The number of aromatic nitrogens is 2. The minimum Gasteiger partial charge on any atom is -0.416 e. The van der Waals surface area contributed by atoms with E-state index in [9.17, 15) is 9.59 Å². The van der Waals surface area contributed by atoms with Crippen LogP contribution in [0.5, 0.6) is 0 Å². The number of hydrogen-bond donors (Lipinski definition) is 1. The van der Waals surface area contributed by atoms with Gasteiger partial charge in [0.15, 0.2) is 5.78 Å². The van der Waals surface area contributed by atoms with Crippen LogP contribution in [-0.2, 0) is 16.0 Å². The topological polar surface area (TPSA) is 85.1 Å². The van der Waals surface area contributed by atoms with Crippen molar-refractivity contribution in [3.63, 3.8) is 0 Å². The van der Waals surface area contributed by atoms with Gasteiger partial charge in [-0.15, -0.1) is 10.2 Å². The van der Waals surface area contributed by atoms with Crippen LogP contribution in [0.2, 0.25) is 0 Å². The predicted octanol–water partition coefficient (Wildman–Crippen LogP) is 3.53. The Labute approximate surface area is 163 Å². The van der Waals surface area contributed by atoms with E-state index in [0.717, 1.165) is 18.4 Å². The number of ketones is 1. The molecule has 0 bridgehead atoms. The standard InChI is InChI=1S/C20H25N3O3S/c1-14(24)17(12-15-8-4-2-5-9-15)21-18(25)13-27-20-23-22-19(26-20)16-10-6-3-7-11-16/h2,4-5,8-9,16-17H,3,6-7,10-13H2,1H3,(H,21,25)/t17-/m1/s1. The van der Waals surface area contributed by atoms with E-state index in [2.05, 4.69) is 15.5 Å². The summed E-state index contributed by atoms with van der Waals surface area (Å²) >= 11 is 1.21. The Hall–Kier alpha value is -2.15. The Morgan fingerprint density at radius 1 is 1.19 bits per heavy atom. The van der Waals surface area contributed by atoms with Crippen molar-refractivity contribution in [2.45, 2.75) is 62.6 Å². The summed E-state index contributed by atoms with van der Waals surface area (Å²) in [5, 5.41) is 11.4. The van der Waals surface area contributed by atoms with E-state index in [1.807, 2.05) is 30.3 Å². The van der Waals surface area contributed by atoms with Crippen LogP contribution in [0.4, 0.5) is 0 Å². The first-order chi connectivity index (χ1) is 13.1. The smallest absolute Gasteiger partial charge is 0.277 e. The molecule has 3 rings (SSSR count). The molecule has 144 valence electrons. The van der Waals surface area contributed by atoms with E-state index in [4.69, 9.17) is 4.42 Å². The van der Waals surface area contributed by atoms with Gasteiger partial charge in [-0.05, 0) is 31.7 Å². The van der Waals surface area contributed by atoms with Gasteiger partial charge in [-0.1, -0.05) is 61.4 Å². The molecule has 1 heterocycles. The first-order valence-electron chi connectivity index (χ1n) is 9.42. The van der Waals surface area contributed by atoms with Gasteiger partial charge < -0.3 is 9.73 Å². The normalized spacial score (nSPS) is 16.0. The van der Waals surface area contributed by atoms with E-state index < -0.39 is 6.04 Å². The largest absolute Gasteiger partial charge is 0.416 e. The second-order valence-corrected chi connectivity index (χ2v) is 7.88. The first-order valence-corrected chi connectivity index (χ1v) is 10.4. The Kier molecular flexibility index (Phi) is 7.04. The maximum absolute atomic E-state index is 12.3. The highest BCUT2D eigenvalue weighted by Gasteiger charge is 2.22. The zero-order valence-electron chi connectivity index (χ0n) is 15.5. The molecule has 1 saturated carbocycles. The van der Waals surface area contributed by atoms with Gasteiger partial charge in [-0.2, -0.15) is 0 Å². The average molecular weight is 388 g/mol. The lowest BCUT2D eigenvalue weighted by Gasteiger charge is -2.17. The van der Waals surface area contributed by atoms with Gasteiger partial charge in [-0.3, -0.25) is 9.59 Å². The van der Waals surface area contributed by atoms with Gasteiger partial charge >= 0.3 is 0 Å². The molecule has 1 atom stereocenters. The van der Waals surface area contributed by atoms with Crippen LogP contribution in [0.3, 0.4) is 0 Å². The number of carbonyl (C=O) groups is 2. The summed E-state index contributed by atoms with van der Waals surface area (Å²) in [6.45, 7) is 1.50. The highest BCUT2D eigenvalue weighted by atomic mass is 32.2. The minimum absolute atomic E-state index is 0.0606. The van der Waals surface area contributed by atoms with Crippen molar-refractivity contribution >= 4 is 23.5 Å². The van der Waals surface area contributed by atoms with Crippen molar-refractivity contribution in [3.05, 3.63) is 41.8 Å². The molecule has 1 N–H and O–H groups in total. The predicted molar refractivity (Wildman–Crippen MR) is 104 cm³/mol. The van der Waals surface area contributed by atoms with Crippen molar-refractivity contribution in [3.8, 4) is 0 Å². The van der Waals surface area contributed by atoms with E-state index in [1.165, 1.54) is 37.9 Å². The average Bonchev–Trinajstić information content (AvgIpc) is 3.16. The number of benzene rings is 1. The summed E-state index contributed by atoms with van der Waals surface area (Å²) in [7, 11) is 0. The summed E-state index contributed by atoms with van der Waals surface area (Å²) in [6, 6.07) is 9.13. The molecule has 1 aliphatic rings. The van der Waals surface area contributed by atoms with Crippen molar-refractivity contribution in [1.82, 2.24) is 15.5 Å². The molecule has 0 aliphatic heterocycles. The number of nitrogens with zero attached hydrogens (tertiary/aromatic N) is 2. The van der Waals surface area contributed by atoms with Gasteiger partial charge in [0.1, 0.15) is 0 Å². The number of thioether (sulfide) groups is 1. The number of carbonyl (C=O) groups excluding carboxylic acids is 2. The maximum atomic E-state index is 12.3. The first kappa shape index (κ1) is 19.6. The van der Waals surface area contributed by atoms with Gasteiger partial charge in [-0.25, -0.2) is 0 Å². The maximum Gasteiger partial charge on any atom is 0.277 e. The van der Waals surface area contributed by atoms with E-state index in [1.54, 1.807) is 0 Å². The lowest BCUT2D eigenvalue weighted by Crippen LogP contribution is -2.42. The molecule has 2 aromatic rings. The molecule has 0 unspecified atom stereocenters. The third kappa shape index (κ3) is 5.92. The second kappa shape index (κ2) is 9.69. The zero-order valence-corrected chi connectivity index (χ0v) is 16.3. The van der Waals surface area contributed by atoms with Crippen LogP contribution in [-0.4, -0.2) is 33.7 Å². The molecule has 0 spiro atoms. The third-order valence-electron chi connectivity index (χ3n) is 4.81. The van der Waals surface area contributed by atoms with Gasteiger partial charge in [0.2, 0.25) is 11.8 Å². The molecule has 1 aromatic heterocycles. The van der Waals surface area contributed by atoms with Crippen LogP contribution in [0.1, 0.15) is 56.4 Å². The fourth-order valence-electron chi connectivity index (χ4n) is 3.30. The lowest BCUT2D eigenvalue weighted by atomic mass is 9.89. The van der Waals surface area contributed by atoms with Crippen LogP contribution in [0, 0.1) is 0 Å². The highest BCUT2D eigenvalue weighted by molar-refractivity contribution is 7.99. The van der Waals surface area contributed by atoms with Crippen molar-refractivity contribution in [2.24, 2.45) is 0 Å². The number of rotatable bonds is 8. The van der Waals surface area contributed by atoms with Crippen LogP contribution in [0.15, 0.2) is 40.0 Å². The fraction of sp³-hybridized carbons (Fsp3) is 0.500. The quantitative estimate of drug-likeness (QED) is 0.698. The third-order valence-corrected chi connectivity index (χ3v) is 5.63. The van der Waals surface area contributed by atoms with Gasteiger partial charge in [0, 0.05) is 5.92 Å². The Morgan fingerprint density at radius 2 is 1.93 bits per heavy atom. The molecule has 27 heavy (non-hydrogen) atoms. The van der Waals surface area contributed by atoms with Crippen molar-refractivity contribution < 1.29 is 14.0 Å². The number of nitrogens with one attached hydrogen (secondary N) is 1. The second-order valence-electron chi connectivity index (χ2n) is 6.95. The SMILES string of the molecule is CC(=O)[C@@H](Cc1ccccc1)NC(=O)CSc1nnc(C2CCCCC2)o1. The van der Waals surface area contributed by atoms with E-state index >= 15 is 0 Å². The minimum atomic E-state index is -0.527. The summed E-state index contributed by atoms with van der Waals surface area (Å²) in [5.74, 6) is 0.902. The van der Waals surface area contributed by atoms with Crippen molar-refractivity contribution in [2.75, 3.05) is 5.75 Å². The Balaban J connectivity index is 1.49. The molecular formula is C20H25N3O3S. The van der Waals surface area contributed by atoms with E-state index in [-0.39, 0.29) is 17.4 Å². The molecule has 0 saturated heterocycles. The molecule has 1 aliphatic carbocycles. The summed E-state index contributed by atoms with van der Waals surface area (Å²) in [5.41, 5.74) is 1.01. The van der Waals surface area contributed by atoms with E-state index in [0.29, 0.717) is 23.5 Å². The summed E-state index contributed by atoms with van der Waals surface area (Å²) in [4.78, 5) is 24.1. The van der Waals surface area contributed by atoms with Gasteiger partial charge in [0.05, 0.1) is 11.8 Å². The number of Topliss-reactive ketones (excluding diaryl/α,β-unsaturated/α-hetero) is 1. The zero-order chi connectivity index (χ0) is 19.1. The van der Waals surface area contributed by atoms with Crippen LogP contribution in [0.25, 0.3) is 0 Å². The molecule has 6 nitrogen and oxygen atoms in total. The molecule has 7 heteroatoms. The fourth-order valence-corrected chi connectivity index (χ4v) is 3.88. The highest BCUT2D eigenvalue weighted by Crippen LogP contribution is 2.32. The number of hydrogen-bond acceptors (Lipinski definition) is 6. The summed E-state index contributed by atoms with van der Waals surface area (Å²) in [6.07, 6.45) is 6.34. The molecular weight excluding hydrogens is 362 g/mol. The molecule has 1 aromatic carbocycles. The molecule has 1 fully saturated rings. The number of amides is 1. The van der Waals surface area contributed by atoms with Crippen LogP contribution >= 0.6 is 11.8 Å². The lowest BCUT2D eigenvalue weighted by molar-refractivity contribution is -0.125. The Bertz CT molecular complexity index is 757. The van der Waals surface area contributed by atoms with Crippen LogP contribution < -0.4 is 5.32 Å². The monoisotopic (exact) mass is 387 g/mol. The molecule has 0 radical (unpaired) electrons. The summed E-state index contributed by atoms with van der Waals surface area (Å²) < 4.78 is 5.72. The van der Waals surface area contributed by atoms with Crippen molar-refractivity contribution in [1.29, 1.82) is 0 Å².